The van der Waals surface area contributed by atoms with Crippen molar-refractivity contribution in [3.05, 3.63) is 78.8 Å². The molecule has 0 fully saturated rings. The summed E-state index contributed by atoms with van der Waals surface area (Å²) in [5.41, 5.74) is 2.22. The SMILES string of the molecule is O=C(NCCn1ccc2ccccc21)[C@@H](Cc1ccccc1)n1cnnn1. The molecule has 0 unspecified atom stereocenters. The molecule has 0 spiro atoms. The third-order valence-corrected chi connectivity index (χ3v) is 4.59. The van der Waals surface area contributed by atoms with Gasteiger partial charge in [-0.05, 0) is 33.5 Å². The van der Waals surface area contributed by atoms with Crippen LogP contribution in [0.5, 0.6) is 0 Å². The number of nitrogens with one attached hydrogen (secondary N) is 1. The minimum absolute atomic E-state index is 0.0948. The predicted molar refractivity (Wildman–Crippen MR) is 102 cm³/mol. The highest BCUT2D eigenvalue weighted by Gasteiger charge is 2.22. The van der Waals surface area contributed by atoms with Gasteiger partial charge in [0.15, 0.2) is 0 Å². The third-order valence-electron chi connectivity index (χ3n) is 4.59. The van der Waals surface area contributed by atoms with Crippen LogP contribution in [0.4, 0.5) is 0 Å². The highest BCUT2D eigenvalue weighted by atomic mass is 16.2. The lowest BCUT2D eigenvalue weighted by atomic mass is 10.1. The Kier molecular flexibility index (Phi) is 4.91. The van der Waals surface area contributed by atoms with Gasteiger partial charge in [-0.3, -0.25) is 4.79 Å². The number of rotatable bonds is 7. The van der Waals surface area contributed by atoms with Gasteiger partial charge in [0, 0.05) is 31.2 Å². The van der Waals surface area contributed by atoms with Crippen LogP contribution in [0.2, 0.25) is 0 Å². The highest BCUT2D eigenvalue weighted by molar-refractivity contribution is 5.81. The van der Waals surface area contributed by atoms with Gasteiger partial charge in [0.05, 0.1) is 0 Å². The van der Waals surface area contributed by atoms with Crippen LogP contribution in [0.3, 0.4) is 0 Å². The van der Waals surface area contributed by atoms with Crippen molar-refractivity contribution in [1.29, 1.82) is 0 Å². The second kappa shape index (κ2) is 7.82. The maximum atomic E-state index is 12.8. The summed E-state index contributed by atoms with van der Waals surface area (Å²) < 4.78 is 3.65. The summed E-state index contributed by atoms with van der Waals surface area (Å²) in [6.07, 6.45) is 4.05. The summed E-state index contributed by atoms with van der Waals surface area (Å²) in [4.78, 5) is 12.8. The van der Waals surface area contributed by atoms with Gasteiger partial charge in [0.25, 0.3) is 0 Å². The van der Waals surface area contributed by atoms with Crippen molar-refractivity contribution in [3.8, 4) is 0 Å². The maximum absolute atomic E-state index is 12.8. The number of tetrazole rings is 1. The summed E-state index contributed by atoms with van der Waals surface area (Å²) in [7, 11) is 0. The molecule has 4 aromatic rings. The molecule has 1 amide bonds. The summed E-state index contributed by atoms with van der Waals surface area (Å²) in [6, 6.07) is 19.7. The summed E-state index contributed by atoms with van der Waals surface area (Å²) in [5.74, 6) is -0.0948. The van der Waals surface area contributed by atoms with Crippen molar-refractivity contribution >= 4 is 16.8 Å². The van der Waals surface area contributed by atoms with E-state index in [1.54, 1.807) is 0 Å². The van der Waals surface area contributed by atoms with Crippen LogP contribution < -0.4 is 5.32 Å². The molecule has 0 aliphatic carbocycles. The van der Waals surface area contributed by atoms with E-state index in [0.29, 0.717) is 19.5 Å². The van der Waals surface area contributed by atoms with Crippen LogP contribution in [-0.4, -0.2) is 37.2 Å². The van der Waals surface area contributed by atoms with Crippen LogP contribution >= 0.6 is 0 Å². The molecule has 2 aromatic heterocycles. The summed E-state index contributed by atoms with van der Waals surface area (Å²) in [5, 5.41) is 15.5. The summed E-state index contributed by atoms with van der Waals surface area (Å²) >= 11 is 0. The van der Waals surface area contributed by atoms with Crippen molar-refractivity contribution in [2.45, 2.75) is 19.0 Å². The van der Waals surface area contributed by atoms with E-state index in [0.717, 1.165) is 11.1 Å². The van der Waals surface area contributed by atoms with Crippen molar-refractivity contribution in [2.24, 2.45) is 0 Å². The maximum Gasteiger partial charge on any atom is 0.245 e. The second-order valence-electron chi connectivity index (χ2n) is 6.35. The Labute approximate surface area is 156 Å². The number of fused-ring (bicyclic) bond motifs is 1. The molecule has 7 heteroatoms. The zero-order chi connectivity index (χ0) is 18.5. The van der Waals surface area contributed by atoms with E-state index in [4.69, 9.17) is 0 Å². The standard InChI is InChI=1S/C20H20N6O/c27-20(21-11-13-25-12-10-17-8-4-5-9-18(17)25)19(26-15-22-23-24-26)14-16-6-2-1-3-7-16/h1-10,12,15,19H,11,13-14H2,(H,21,27)/t19-/m1/s1. The lowest BCUT2D eigenvalue weighted by Crippen LogP contribution is -2.36. The number of aromatic nitrogens is 5. The molecule has 1 atom stereocenters. The average Bonchev–Trinajstić information content (AvgIpc) is 3.37. The zero-order valence-electron chi connectivity index (χ0n) is 14.8. The number of hydrogen-bond donors (Lipinski definition) is 1. The number of para-hydroxylation sites is 1. The Balaban J connectivity index is 1.42. The van der Waals surface area contributed by atoms with Gasteiger partial charge in [-0.25, -0.2) is 4.68 Å². The van der Waals surface area contributed by atoms with Crippen LogP contribution in [0.1, 0.15) is 11.6 Å². The number of carbonyl (C=O) groups excluding carboxylic acids is 1. The molecule has 0 saturated carbocycles. The molecule has 0 aliphatic rings. The first-order valence-electron chi connectivity index (χ1n) is 8.89. The van der Waals surface area contributed by atoms with E-state index in [-0.39, 0.29) is 5.91 Å². The number of nitrogens with zero attached hydrogens (tertiary/aromatic N) is 5. The Morgan fingerprint density at radius 3 is 2.67 bits per heavy atom. The van der Waals surface area contributed by atoms with E-state index in [1.807, 2.05) is 48.7 Å². The fraction of sp³-hybridized carbons (Fsp3) is 0.200. The predicted octanol–water partition coefficient (Wildman–Crippen LogP) is 2.23. The minimum atomic E-state index is -0.483. The summed E-state index contributed by atoms with van der Waals surface area (Å²) in [6.45, 7) is 1.23. The Morgan fingerprint density at radius 1 is 1.04 bits per heavy atom. The molecule has 2 heterocycles. The first kappa shape index (κ1) is 17.0. The second-order valence-corrected chi connectivity index (χ2v) is 6.35. The Hall–Kier alpha value is -3.48. The van der Waals surface area contributed by atoms with Gasteiger partial charge in [-0.2, -0.15) is 0 Å². The van der Waals surface area contributed by atoms with Gasteiger partial charge >= 0.3 is 0 Å². The molecule has 136 valence electrons. The molecule has 4 rings (SSSR count). The molecule has 27 heavy (non-hydrogen) atoms. The van der Waals surface area contributed by atoms with Gasteiger partial charge in [-0.15, -0.1) is 5.10 Å². The van der Waals surface area contributed by atoms with Crippen molar-refractivity contribution in [2.75, 3.05) is 6.54 Å². The first-order chi connectivity index (χ1) is 13.3. The van der Waals surface area contributed by atoms with Gasteiger partial charge in [-0.1, -0.05) is 48.5 Å². The number of carbonyl (C=O) groups is 1. The number of benzene rings is 2. The van der Waals surface area contributed by atoms with Gasteiger partial charge in [0.2, 0.25) is 5.91 Å². The van der Waals surface area contributed by atoms with Crippen molar-refractivity contribution < 1.29 is 4.79 Å². The molecule has 7 nitrogen and oxygen atoms in total. The Morgan fingerprint density at radius 2 is 1.85 bits per heavy atom. The van der Waals surface area contributed by atoms with E-state index in [2.05, 4.69) is 43.6 Å². The molecule has 0 radical (unpaired) electrons. The van der Waals surface area contributed by atoms with E-state index < -0.39 is 6.04 Å². The number of hydrogen-bond acceptors (Lipinski definition) is 4. The fourth-order valence-electron chi connectivity index (χ4n) is 3.21. The van der Waals surface area contributed by atoms with Gasteiger partial charge < -0.3 is 9.88 Å². The lowest BCUT2D eigenvalue weighted by molar-refractivity contribution is -0.124. The van der Waals surface area contributed by atoms with Crippen molar-refractivity contribution in [3.63, 3.8) is 0 Å². The largest absolute Gasteiger partial charge is 0.352 e. The molecular weight excluding hydrogens is 340 g/mol. The smallest absolute Gasteiger partial charge is 0.245 e. The minimum Gasteiger partial charge on any atom is -0.352 e. The average molecular weight is 360 g/mol. The molecule has 1 N–H and O–H groups in total. The third kappa shape index (κ3) is 3.87. The Bertz CT molecular complexity index is 1010. The fourth-order valence-corrected chi connectivity index (χ4v) is 3.21. The topological polar surface area (TPSA) is 77.6 Å². The first-order valence-corrected chi connectivity index (χ1v) is 8.89. The molecular formula is C20H20N6O. The molecule has 0 aliphatic heterocycles. The van der Waals surface area contributed by atoms with Gasteiger partial charge in [0.1, 0.15) is 12.4 Å². The highest BCUT2D eigenvalue weighted by Crippen LogP contribution is 2.15. The monoisotopic (exact) mass is 360 g/mol. The normalized spacial score (nSPS) is 12.1. The lowest BCUT2D eigenvalue weighted by Gasteiger charge is -2.16. The van der Waals surface area contributed by atoms with Crippen LogP contribution in [0, 0.1) is 0 Å². The molecule has 0 saturated heterocycles. The van der Waals surface area contributed by atoms with Crippen LogP contribution in [0.25, 0.3) is 10.9 Å². The van der Waals surface area contributed by atoms with Crippen LogP contribution in [-0.2, 0) is 17.8 Å². The molecule has 0 bridgehead atoms. The van der Waals surface area contributed by atoms with E-state index in [9.17, 15) is 4.79 Å². The van der Waals surface area contributed by atoms with E-state index >= 15 is 0 Å². The molecule has 2 aromatic carbocycles. The zero-order valence-corrected chi connectivity index (χ0v) is 14.8. The van der Waals surface area contributed by atoms with Crippen molar-refractivity contribution in [1.82, 2.24) is 30.1 Å². The van der Waals surface area contributed by atoms with E-state index in [1.165, 1.54) is 16.4 Å². The quantitative estimate of drug-likeness (QED) is 0.548. The number of amides is 1. The van der Waals surface area contributed by atoms with Crippen LogP contribution in [0.15, 0.2) is 73.2 Å².